The van der Waals surface area contributed by atoms with Gasteiger partial charge in [0.25, 0.3) is 11.6 Å². The van der Waals surface area contributed by atoms with E-state index >= 15 is 0 Å². The lowest BCUT2D eigenvalue weighted by Gasteiger charge is -2.21. The summed E-state index contributed by atoms with van der Waals surface area (Å²) in [5, 5.41) is 13.5. The lowest BCUT2D eigenvalue weighted by atomic mass is 10.1. The van der Waals surface area contributed by atoms with Gasteiger partial charge in [0, 0.05) is 30.9 Å². The van der Waals surface area contributed by atoms with Gasteiger partial charge in [-0.1, -0.05) is 6.07 Å². The lowest BCUT2D eigenvalue weighted by Crippen LogP contribution is -2.23. The van der Waals surface area contributed by atoms with E-state index in [1.54, 1.807) is 0 Å². The quantitative estimate of drug-likeness (QED) is 0.628. The molecule has 1 aliphatic rings. The topological polar surface area (TPSA) is 75.5 Å². The third-order valence-corrected chi connectivity index (χ3v) is 4.33. The van der Waals surface area contributed by atoms with Crippen molar-refractivity contribution in [1.29, 1.82) is 0 Å². The van der Waals surface area contributed by atoms with Crippen LogP contribution in [0.2, 0.25) is 0 Å². The first kappa shape index (κ1) is 18.7. The van der Waals surface area contributed by atoms with Gasteiger partial charge in [-0.25, -0.2) is 0 Å². The van der Waals surface area contributed by atoms with E-state index in [1.807, 2.05) is 4.90 Å². The second-order valence-electron chi connectivity index (χ2n) is 6.19. The number of halogens is 3. The number of hydrogen-bond acceptors (Lipinski definition) is 4. The number of rotatable bonds is 4. The molecular formula is C18H16F3N3O3. The summed E-state index contributed by atoms with van der Waals surface area (Å²) in [5.41, 5.74) is -0.592. The minimum Gasteiger partial charge on any atom is -0.371 e. The standard InChI is InChI=1S/C18H16F3N3O3/c19-18(20,21)12-4-3-5-13(10-12)22-17(25)15-11-14(24(26)27)6-7-16(15)23-8-1-2-9-23/h3-7,10-11H,1-2,8-9H2,(H,22,25). The Balaban J connectivity index is 1.93. The first-order chi connectivity index (χ1) is 12.8. The monoisotopic (exact) mass is 379 g/mol. The number of non-ortho nitro benzene ring substituents is 1. The Morgan fingerprint density at radius 3 is 2.44 bits per heavy atom. The van der Waals surface area contributed by atoms with Crippen LogP contribution in [0.25, 0.3) is 0 Å². The number of hydrogen-bond donors (Lipinski definition) is 1. The highest BCUT2D eigenvalue weighted by Gasteiger charge is 2.30. The highest BCUT2D eigenvalue weighted by atomic mass is 19.4. The number of nitro benzene ring substituents is 1. The smallest absolute Gasteiger partial charge is 0.371 e. The molecule has 1 N–H and O–H groups in total. The molecule has 0 spiro atoms. The van der Waals surface area contributed by atoms with Gasteiger partial charge in [-0.2, -0.15) is 13.2 Å². The van der Waals surface area contributed by atoms with Crippen molar-refractivity contribution in [3.05, 3.63) is 63.7 Å². The highest BCUT2D eigenvalue weighted by molar-refractivity contribution is 6.08. The number of carbonyl (C=O) groups excluding carboxylic acids is 1. The summed E-state index contributed by atoms with van der Waals surface area (Å²) in [4.78, 5) is 25.1. The highest BCUT2D eigenvalue weighted by Crippen LogP contribution is 2.32. The van der Waals surface area contributed by atoms with E-state index in [0.717, 1.165) is 31.0 Å². The van der Waals surface area contributed by atoms with Gasteiger partial charge in [0.05, 0.1) is 21.7 Å². The molecule has 1 amide bonds. The molecule has 0 aromatic heterocycles. The van der Waals surface area contributed by atoms with E-state index in [2.05, 4.69) is 5.32 Å². The van der Waals surface area contributed by atoms with Gasteiger partial charge >= 0.3 is 6.18 Å². The molecule has 1 saturated heterocycles. The fraction of sp³-hybridized carbons (Fsp3) is 0.278. The van der Waals surface area contributed by atoms with Crippen LogP contribution in [0, 0.1) is 10.1 Å². The largest absolute Gasteiger partial charge is 0.416 e. The van der Waals surface area contributed by atoms with Crippen LogP contribution >= 0.6 is 0 Å². The second-order valence-corrected chi connectivity index (χ2v) is 6.19. The Hall–Kier alpha value is -3.10. The van der Waals surface area contributed by atoms with Crippen LogP contribution in [-0.4, -0.2) is 23.9 Å². The first-order valence-corrected chi connectivity index (χ1v) is 8.28. The maximum absolute atomic E-state index is 12.8. The number of alkyl halides is 3. The Bertz CT molecular complexity index is 878. The number of nitrogens with one attached hydrogen (secondary N) is 1. The molecule has 0 bridgehead atoms. The minimum absolute atomic E-state index is 0.0336. The molecule has 2 aromatic carbocycles. The van der Waals surface area contributed by atoms with Crippen LogP contribution in [0.4, 0.5) is 30.2 Å². The zero-order chi connectivity index (χ0) is 19.6. The Kier molecular flexibility index (Phi) is 5.02. The Morgan fingerprint density at radius 1 is 1.11 bits per heavy atom. The summed E-state index contributed by atoms with van der Waals surface area (Å²) in [7, 11) is 0. The predicted molar refractivity (Wildman–Crippen MR) is 93.9 cm³/mol. The van der Waals surface area contributed by atoms with Gasteiger partial charge in [-0.05, 0) is 37.1 Å². The van der Waals surface area contributed by atoms with Crippen molar-refractivity contribution in [3.8, 4) is 0 Å². The van der Waals surface area contributed by atoms with Crippen molar-refractivity contribution in [1.82, 2.24) is 0 Å². The van der Waals surface area contributed by atoms with Gasteiger partial charge in [-0.15, -0.1) is 0 Å². The maximum atomic E-state index is 12.8. The fourth-order valence-electron chi connectivity index (χ4n) is 3.02. The van der Waals surface area contributed by atoms with E-state index in [4.69, 9.17) is 0 Å². The van der Waals surface area contributed by atoms with Crippen LogP contribution < -0.4 is 10.2 Å². The lowest BCUT2D eigenvalue weighted by molar-refractivity contribution is -0.384. The molecule has 27 heavy (non-hydrogen) atoms. The van der Waals surface area contributed by atoms with E-state index in [1.165, 1.54) is 24.3 Å². The van der Waals surface area contributed by atoms with Gasteiger partial charge in [-0.3, -0.25) is 14.9 Å². The second kappa shape index (κ2) is 7.26. The zero-order valence-corrected chi connectivity index (χ0v) is 14.1. The first-order valence-electron chi connectivity index (χ1n) is 8.28. The van der Waals surface area contributed by atoms with Crippen molar-refractivity contribution in [2.75, 3.05) is 23.3 Å². The fourth-order valence-corrected chi connectivity index (χ4v) is 3.02. The Labute approximate surface area is 152 Å². The average Bonchev–Trinajstić information content (AvgIpc) is 3.15. The third kappa shape index (κ3) is 4.18. The molecule has 0 atom stereocenters. The third-order valence-electron chi connectivity index (χ3n) is 4.33. The van der Waals surface area contributed by atoms with Gasteiger partial charge < -0.3 is 10.2 Å². The summed E-state index contributed by atoms with van der Waals surface area (Å²) in [6.45, 7) is 1.42. The molecule has 0 radical (unpaired) electrons. The molecule has 1 aliphatic heterocycles. The van der Waals surface area contributed by atoms with Crippen molar-refractivity contribution in [2.24, 2.45) is 0 Å². The van der Waals surface area contributed by atoms with Gasteiger partial charge in [0.15, 0.2) is 0 Å². The van der Waals surface area contributed by atoms with Crippen LogP contribution in [-0.2, 0) is 6.18 Å². The summed E-state index contributed by atoms with van der Waals surface area (Å²) < 4.78 is 38.5. The predicted octanol–water partition coefficient (Wildman–Crippen LogP) is 4.47. The van der Waals surface area contributed by atoms with Crippen molar-refractivity contribution in [2.45, 2.75) is 19.0 Å². The molecule has 1 heterocycles. The molecule has 0 aliphatic carbocycles. The SMILES string of the molecule is O=C(Nc1cccc(C(F)(F)F)c1)c1cc([N+](=O)[O-])ccc1N1CCCC1. The molecule has 0 saturated carbocycles. The average molecular weight is 379 g/mol. The minimum atomic E-state index is -4.53. The van der Waals surface area contributed by atoms with Crippen molar-refractivity contribution >= 4 is 23.0 Å². The van der Waals surface area contributed by atoms with E-state index in [-0.39, 0.29) is 16.9 Å². The van der Waals surface area contributed by atoms with Crippen LogP contribution in [0.5, 0.6) is 0 Å². The zero-order valence-electron chi connectivity index (χ0n) is 14.1. The number of anilines is 2. The normalized spacial score (nSPS) is 14.3. The number of nitro groups is 1. The van der Waals surface area contributed by atoms with Gasteiger partial charge in [0.2, 0.25) is 0 Å². The van der Waals surface area contributed by atoms with Crippen LogP contribution in [0.3, 0.4) is 0 Å². The molecule has 0 unspecified atom stereocenters. The maximum Gasteiger partial charge on any atom is 0.416 e. The molecule has 9 heteroatoms. The van der Waals surface area contributed by atoms with Crippen molar-refractivity contribution in [3.63, 3.8) is 0 Å². The molecular weight excluding hydrogens is 363 g/mol. The number of amides is 1. The number of benzene rings is 2. The van der Waals surface area contributed by atoms with E-state index in [0.29, 0.717) is 18.8 Å². The molecule has 1 fully saturated rings. The summed E-state index contributed by atoms with van der Waals surface area (Å²) in [6.07, 6.45) is -2.66. The van der Waals surface area contributed by atoms with Gasteiger partial charge in [0.1, 0.15) is 0 Å². The van der Waals surface area contributed by atoms with Crippen LogP contribution in [0.15, 0.2) is 42.5 Å². The summed E-state index contributed by atoms with van der Waals surface area (Å²) in [5.74, 6) is -0.695. The summed E-state index contributed by atoms with van der Waals surface area (Å²) in [6, 6.07) is 8.21. The van der Waals surface area contributed by atoms with E-state index < -0.39 is 22.6 Å². The number of carbonyl (C=O) groups is 1. The molecule has 6 nitrogen and oxygen atoms in total. The summed E-state index contributed by atoms with van der Waals surface area (Å²) >= 11 is 0. The molecule has 2 aromatic rings. The molecule has 3 rings (SSSR count). The van der Waals surface area contributed by atoms with Crippen molar-refractivity contribution < 1.29 is 22.9 Å². The number of nitrogens with zero attached hydrogens (tertiary/aromatic N) is 2. The Morgan fingerprint density at radius 2 is 1.81 bits per heavy atom. The molecule has 142 valence electrons. The van der Waals surface area contributed by atoms with E-state index in [9.17, 15) is 28.1 Å². The van der Waals surface area contributed by atoms with Crippen LogP contribution in [0.1, 0.15) is 28.8 Å².